The van der Waals surface area contributed by atoms with Crippen molar-refractivity contribution in [3.05, 3.63) is 22.8 Å². The second-order valence-electron chi connectivity index (χ2n) is 4.61. The average molecular weight is 257 g/mol. The van der Waals surface area contributed by atoms with Gasteiger partial charge in [0.1, 0.15) is 5.60 Å². The van der Waals surface area contributed by atoms with Crippen LogP contribution in [0.2, 0.25) is 5.02 Å². The highest BCUT2D eigenvalue weighted by atomic mass is 35.5. The lowest BCUT2D eigenvalue weighted by Gasteiger charge is -2.19. The lowest BCUT2D eigenvalue weighted by molar-refractivity contribution is 0.0635. The molecule has 0 bridgehead atoms. The molecule has 17 heavy (non-hydrogen) atoms. The number of halogens is 1. The highest BCUT2D eigenvalue weighted by molar-refractivity contribution is 6.33. The zero-order valence-corrected chi connectivity index (χ0v) is 11.3. The third-order valence-corrected chi connectivity index (χ3v) is 2.19. The largest absolute Gasteiger partial charge is 0.444 e. The first-order valence-electron chi connectivity index (χ1n) is 5.47. The van der Waals surface area contributed by atoms with E-state index in [1.165, 1.54) is 0 Å². The van der Waals surface area contributed by atoms with Crippen molar-refractivity contribution in [2.75, 3.05) is 5.32 Å². The van der Waals surface area contributed by atoms with Gasteiger partial charge in [0.25, 0.3) is 0 Å². The third kappa shape index (κ3) is 4.61. The standard InChI is InChI=1S/C12H17ClN2O2/c1-5-8-6-7-9(13)10(14-8)15-11(16)17-12(2,3)4/h6-7H,5H2,1-4H3,(H,14,15,16). The molecule has 1 rings (SSSR count). The van der Waals surface area contributed by atoms with Gasteiger partial charge in [0, 0.05) is 5.69 Å². The van der Waals surface area contributed by atoms with Crippen LogP contribution < -0.4 is 5.32 Å². The number of hydrogen-bond donors (Lipinski definition) is 1. The molecule has 0 aliphatic carbocycles. The van der Waals surface area contributed by atoms with Gasteiger partial charge < -0.3 is 4.74 Å². The zero-order valence-electron chi connectivity index (χ0n) is 10.5. The first-order valence-corrected chi connectivity index (χ1v) is 5.85. The maximum atomic E-state index is 11.5. The Labute approximate surface area is 106 Å². The Balaban J connectivity index is 2.77. The molecule has 1 heterocycles. The lowest BCUT2D eigenvalue weighted by atomic mass is 10.2. The van der Waals surface area contributed by atoms with Crippen molar-refractivity contribution in [2.45, 2.75) is 39.7 Å². The number of rotatable bonds is 2. The molecule has 4 nitrogen and oxygen atoms in total. The molecule has 1 aromatic heterocycles. The Morgan fingerprint density at radius 1 is 1.47 bits per heavy atom. The summed E-state index contributed by atoms with van der Waals surface area (Å²) in [7, 11) is 0. The Hall–Kier alpha value is -1.29. The number of carbonyl (C=O) groups is 1. The summed E-state index contributed by atoms with van der Waals surface area (Å²) in [6, 6.07) is 3.53. The molecule has 5 heteroatoms. The van der Waals surface area contributed by atoms with E-state index in [-0.39, 0.29) is 0 Å². The minimum absolute atomic E-state index is 0.334. The van der Waals surface area contributed by atoms with E-state index < -0.39 is 11.7 Å². The number of aryl methyl sites for hydroxylation is 1. The van der Waals surface area contributed by atoms with Crippen molar-refractivity contribution in [1.29, 1.82) is 0 Å². The number of carbonyl (C=O) groups excluding carboxylic acids is 1. The van der Waals surface area contributed by atoms with E-state index in [0.29, 0.717) is 10.8 Å². The monoisotopic (exact) mass is 256 g/mol. The van der Waals surface area contributed by atoms with Gasteiger partial charge in [0.2, 0.25) is 0 Å². The molecule has 0 saturated heterocycles. The van der Waals surface area contributed by atoms with Crippen LogP contribution in [0, 0.1) is 0 Å². The third-order valence-electron chi connectivity index (χ3n) is 1.89. The summed E-state index contributed by atoms with van der Waals surface area (Å²) in [6.45, 7) is 7.37. The van der Waals surface area contributed by atoms with Crippen LogP contribution in [0.4, 0.5) is 10.6 Å². The van der Waals surface area contributed by atoms with Crippen LogP contribution in [0.15, 0.2) is 12.1 Å². The Morgan fingerprint density at radius 2 is 2.12 bits per heavy atom. The first-order chi connectivity index (χ1) is 7.81. The number of nitrogens with one attached hydrogen (secondary N) is 1. The predicted molar refractivity (Wildman–Crippen MR) is 68.5 cm³/mol. The van der Waals surface area contributed by atoms with Crippen LogP contribution >= 0.6 is 11.6 Å². The lowest BCUT2D eigenvalue weighted by Crippen LogP contribution is -2.27. The van der Waals surface area contributed by atoms with E-state index in [0.717, 1.165) is 12.1 Å². The summed E-state index contributed by atoms with van der Waals surface area (Å²) in [6.07, 6.45) is 0.223. The molecule has 94 valence electrons. The molecular weight excluding hydrogens is 240 g/mol. The van der Waals surface area contributed by atoms with Crippen molar-refractivity contribution in [3.63, 3.8) is 0 Å². The van der Waals surface area contributed by atoms with E-state index in [2.05, 4.69) is 10.3 Å². The molecule has 0 saturated carbocycles. The second kappa shape index (κ2) is 5.36. The summed E-state index contributed by atoms with van der Waals surface area (Å²) in [5.41, 5.74) is 0.319. The van der Waals surface area contributed by atoms with Crippen molar-refractivity contribution in [3.8, 4) is 0 Å². The molecule has 0 aliphatic rings. The highest BCUT2D eigenvalue weighted by Crippen LogP contribution is 2.20. The van der Waals surface area contributed by atoms with Gasteiger partial charge in [-0.1, -0.05) is 18.5 Å². The van der Waals surface area contributed by atoms with Crippen molar-refractivity contribution >= 4 is 23.5 Å². The van der Waals surface area contributed by atoms with Crippen LogP contribution in [0.3, 0.4) is 0 Å². The molecule has 1 amide bonds. The highest BCUT2D eigenvalue weighted by Gasteiger charge is 2.17. The van der Waals surface area contributed by atoms with E-state index in [9.17, 15) is 4.79 Å². The summed E-state index contributed by atoms with van der Waals surface area (Å²) < 4.78 is 5.12. The topological polar surface area (TPSA) is 51.2 Å². The van der Waals surface area contributed by atoms with Gasteiger partial charge in [-0.3, -0.25) is 5.32 Å². The Morgan fingerprint density at radius 3 is 2.65 bits per heavy atom. The number of ether oxygens (including phenoxy) is 1. The maximum absolute atomic E-state index is 11.5. The predicted octanol–water partition coefficient (Wildman–Crippen LogP) is 3.64. The summed E-state index contributed by atoms with van der Waals surface area (Å²) in [5.74, 6) is 0.334. The number of nitrogens with zero attached hydrogens (tertiary/aromatic N) is 1. The minimum Gasteiger partial charge on any atom is -0.444 e. The van der Waals surface area contributed by atoms with Crippen molar-refractivity contribution < 1.29 is 9.53 Å². The quantitative estimate of drug-likeness (QED) is 0.879. The molecule has 1 aromatic rings. The molecule has 0 unspecified atom stereocenters. The summed E-state index contributed by atoms with van der Waals surface area (Å²) in [5, 5.41) is 2.93. The van der Waals surface area contributed by atoms with Crippen LogP contribution in [0.1, 0.15) is 33.4 Å². The number of hydrogen-bond acceptors (Lipinski definition) is 3. The van der Waals surface area contributed by atoms with Gasteiger partial charge in [-0.2, -0.15) is 0 Å². The van der Waals surface area contributed by atoms with Gasteiger partial charge in [-0.15, -0.1) is 0 Å². The van der Waals surface area contributed by atoms with Crippen LogP contribution in [-0.2, 0) is 11.2 Å². The molecule has 0 fully saturated rings. The number of aromatic nitrogens is 1. The molecule has 0 atom stereocenters. The molecule has 1 N–H and O–H groups in total. The number of amides is 1. The molecule has 0 aromatic carbocycles. The normalized spacial score (nSPS) is 11.1. The molecule has 0 spiro atoms. The first kappa shape index (κ1) is 13.8. The molecular formula is C12H17ClN2O2. The zero-order chi connectivity index (χ0) is 13.1. The fourth-order valence-electron chi connectivity index (χ4n) is 1.17. The minimum atomic E-state index is -0.555. The maximum Gasteiger partial charge on any atom is 0.413 e. The van der Waals surface area contributed by atoms with E-state index in [1.807, 2.05) is 13.0 Å². The van der Waals surface area contributed by atoms with Gasteiger partial charge in [0.05, 0.1) is 5.02 Å². The molecule has 0 aliphatic heterocycles. The fraction of sp³-hybridized carbons (Fsp3) is 0.500. The fourth-order valence-corrected chi connectivity index (χ4v) is 1.32. The van der Waals surface area contributed by atoms with Gasteiger partial charge in [-0.05, 0) is 39.3 Å². The van der Waals surface area contributed by atoms with Crippen LogP contribution in [0.5, 0.6) is 0 Å². The van der Waals surface area contributed by atoms with Crippen molar-refractivity contribution in [1.82, 2.24) is 4.98 Å². The smallest absolute Gasteiger partial charge is 0.413 e. The van der Waals surface area contributed by atoms with Gasteiger partial charge in [0.15, 0.2) is 5.82 Å². The van der Waals surface area contributed by atoms with E-state index in [4.69, 9.17) is 16.3 Å². The second-order valence-corrected chi connectivity index (χ2v) is 5.02. The van der Waals surface area contributed by atoms with E-state index in [1.54, 1.807) is 26.8 Å². The summed E-state index contributed by atoms with van der Waals surface area (Å²) in [4.78, 5) is 15.8. The number of anilines is 1. The average Bonchev–Trinajstić information content (AvgIpc) is 2.18. The van der Waals surface area contributed by atoms with E-state index >= 15 is 0 Å². The summed E-state index contributed by atoms with van der Waals surface area (Å²) >= 11 is 5.94. The Bertz CT molecular complexity index is 413. The van der Waals surface area contributed by atoms with Gasteiger partial charge >= 0.3 is 6.09 Å². The number of pyridine rings is 1. The SMILES string of the molecule is CCc1ccc(Cl)c(NC(=O)OC(C)(C)C)n1. The Kier molecular flexibility index (Phi) is 4.34. The van der Waals surface area contributed by atoms with Gasteiger partial charge in [-0.25, -0.2) is 9.78 Å². The van der Waals surface area contributed by atoms with Crippen LogP contribution in [-0.4, -0.2) is 16.7 Å². The van der Waals surface area contributed by atoms with Crippen molar-refractivity contribution in [2.24, 2.45) is 0 Å². The van der Waals surface area contributed by atoms with Crippen LogP contribution in [0.25, 0.3) is 0 Å². The molecule has 0 radical (unpaired) electrons.